The van der Waals surface area contributed by atoms with Crippen molar-refractivity contribution in [2.24, 2.45) is 0 Å². The van der Waals surface area contributed by atoms with Gasteiger partial charge in [0.05, 0.1) is 40.9 Å². The molecule has 0 radical (unpaired) electrons. The Morgan fingerprint density at radius 2 is 1.06 bits per heavy atom. The molecule has 0 fully saturated rings. The van der Waals surface area contributed by atoms with Gasteiger partial charge < -0.3 is 4.57 Å². The molecule has 0 aliphatic carbocycles. The molecule has 0 aliphatic heterocycles. The Hall–Kier alpha value is -6.97. The van der Waals surface area contributed by atoms with Crippen molar-refractivity contribution < 1.29 is 0 Å². The molecule has 0 bridgehead atoms. The van der Waals surface area contributed by atoms with E-state index >= 15 is 0 Å². The summed E-state index contributed by atoms with van der Waals surface area (Å²) in [5.41, 5.74) is 6.53. The first kappa shape index (κ1) is 30.4. The van der Waals surface area contributed by atoms with Gasteiger partial charge in [0.1, 0.15) is 0 Å². The van der Waals surface area contributed by atoms with E-state index in [1.54, 1.807) is 0 Å². The Morgan fingerprint density at radius 1 is 0.480 bits per heavy atom. The number of benzene rings is 7. The Bertz CT molecular complexity index is 2510. The first-order valence-corrected chi connectivity index (χ1v) is 18.3. The van der Waals surface area contributed by atoms with Crippen LogP contribution in [0.25, 0.3) is 43.5 Å². The van der Waals surface area contributed by atoms with Crippen LogP contribution >= 0.6 is 0 Å². The summed E-state index contributed by atoms with van der Waals surface area (Å²) >= 11 is 0. The minimum Gasteiger partial charge on any atom is -0.309 e. The molecule has 0 amide bonds. The molecule has 0 unspecified atom stereocenters. The van der Waals surface area contributed by atoms with Crippen molar-refractivity contribution in [2.45, 2.75) is 0 Å². The zero-order valence-corrected chi connectivity index (χ0v) is 28.0. The fourth-order valence-electron chi connectivity index (χ4n) is 7.39. The fourth-order valence-corrected chi connectivity index (χ4v) is 12.2. The maximum Gasteiger partial charge on any atom is 0.188 e. The van der Waals surface area contributed by atoms with Gasteiger partial charge in [-0.05, 0) is 91.9 Å². The van der Waals surface area contributed by atoms with Gasteiger partial charge >= 0.3 is 0 Å². The second-order valence-corrected chi connectivity index (χ2v) is 16.1. The van der Waals surface area contributed by atoms with Gasteiger partial charge in [-0.2, -0.15) is 10.5 Å². The third-order valence-electron chi connectivity index (χ3n) is 9.56. The third-order valence-corrected chi connectivity index (χ3v) is 14.3. The predicted molar refractivity (Wildman–Crippen MR) is 206 cm³/mol. The molecule has 5 heteroatoms. The van der Waals surface area contributed by atoms with Crippen molar-refractivity contribution in [3.05, 3.63) is 192 Å². The average Bonchev–Trinajstić information content (AvgIpc) is 3.52. The normalized spacial score (nSPS) is 11.1. The zero-order valence-electron chi connectivity index (χ0n) is 27.0. The van der Waals surface area contributed by atoms with Crippen LogP contribution < -0.4 is 20.7 Å². The third kappa shape index (κ3) is 4.97. The summed E-state index contributed by atoms with van der Waals surface area (Å²) in [4.78, 5) is 3.67. The predicted octanol–water partition coefficient (Wildman–Crippen LogP) is 8.12. The maximum absolute atomic E-state index is 10.5. The zero-order chi connectivity index (χ0) is 34.1. The Morgan fingerprint density at radius 3 is 1.64 bits per heavy atom. The van der Waals surface area contributed by atoms with E-state index in [0.717, 1.165) is 43.8 Å². The molecule has 0 saturated heterocycles. The number of rotatable bonds is 6. The van der Waals surface area contributed by atoms with E-state index in [1.165, 1.54) is 15.6 Å². The molecule has 0 atom stereocenters. The first-order chi connectivity index (χ1) is 24.6. The second kappa shape index (κ2) is 12.6. The molecule has 232 valence electrons. The molecule has 1 heterocycles. The number of nitriles is 2. The van der Waals surface area contributed by atoms with Crippen LogP contribution in [-0.2, 0) is 0 Å². The smallest absolute Gasteiger partial charge is 0.188 e. The van der Waals surface area contributed by atoms with E-state index in [0.29, 0.717) is 16.8 Å². The Kier molecular flexibility index (Phi) is 7.63. The topological polar surface area (TPSA) is 56.9 Å². The van der Waals surface area contributed by atoms with Gasteiger partial charge in [0.25, 0.3) is 0 Å². The summed E-state index contributed by atoms with van der Waals surface area (Å²) in [6, 6.07) is 63.1. The minimum absolute atomic E-state index is 0.552. The summed E-state index contributed by atoms with van der Waals surface area (Å²) in [5.74, 6) is 0. The number of fused-ring (bicyclic) bond motifs is 3. The number of hydrogen-bond donors (Lipinski definition) is 0. The molecule has 4 nitrogen and oxygen atoms in total. The molecule has 50 heavy (non-hydrogen) atoms. The van der Waals surface area contributed by atoms with Crippen molar-refractivity contribution in [2.75, 3.05) is 0 Å². The van der Waals surface area contributed by atoms with Crippen LogP contribution in [0.2, 0.25) is 0 Å². The van der Waals surface area contributed by atoms with Crippen molar-refractivity contribution in [3.63, 3.8) is 0 Å². The van der Waals surface area contributed by atoms with Gasteiger partial charge in [0.2, 0.25) is 0 Å². The van der Waals surface area contributed by atoms with Crippen molar-refractivity contribution in [1.82, 2.24) is 4.57 Å². The molecule has 0 N–H and O–H groups in total. The Labute approximate surface area is 291 Å². The highest BCUT2D eigenvalue weighted by atomic mass is 28.3. The highest BCUT2D eigenvalue weighted by Gasteiger charge is 2.41. The van der Waals surface area contributed by atoms with Crippen molar-refractivity contribution >= 4 is 56.3 Å². The summed E-state index contributed by atoms with van der Waals surface area (Å²) in [6.45, 7) is 7.60. The number of hydrogen-bond acceptors (Lipinski definition) is 2. The first-order valence-electron chi connectivity index (χ1n) is 16.3. The lowest BCUT2D eigenvalue weighted by atomic mass is 10.0. The molecule has 0 saturated carbocycles. The van der Waals surface area contributed by atoms with Crippen LogP contribution in [-0.4, -0.2) is 12.6 Å². The number of aromatic nitrogens is 1. The van der Waals surface area contributed by atoms with Crippen molar-refractivity contribution in [3.8, 4) is 29.0 Å². The molecular weight excluding hydrogens is 625 g/mol. The van der Waals surface area contributed by atoms with E-state index in [1.807, 2.05) is 42.5 Å². The van der Waals surface area contributed by atoms with Gasteiger partial charge in [-0.3, -0.25) is 0 Å². The lowest BCUT2D eigenvalue weighted by Gasteiger charge is -2.34. The maximum atomic E-state index is 10.5. The fraction of sp³-hybridized carbons (Fsp3) is 0. The molecule has 8 rings (SSSR count). The van der Waals surface area contributed by atoms with Crippen LogP contribution in [0.5, 0.6) is 0 Å². The van der Waals surface area contributed by atoms with E-state index in [4.69, 9.17) is 6.57 Å². The van der Waals surface area contributed by atoms with Crippen LogP contribution in [0.15, 0.2) is 170 Å². The quantitative estimate of drug-likeness (QED) is 0.104. The monoisotopic (exact) mass is 652 g/mol. The van der Waals surface area contributed by atoms with Crippen LogP contribution in [0.1, 0.15) is 11.1 Å². The molecule has 0 spiro atoms. The van der Waals surface area contributed by atoms with Gasteiger partial charge in [-0.25, -0.2) is 4.85 Å². The summed E-state index contributed by atoms with van der Waals surface area (Å²) in [7, 11) is -2.88. The van der Waals surface area contributed by atoms with Crippen molar-refractivity contribution in [1.29, 1.82) is 10.5 Å². The second-order valence-electron chi connectivity index (χ2n) is 12.3. The largest absolute Gasteiger partial charge is 0.309 e. The van der Waals surface area contributed by atoms with Gasteiger partial charge in [0.15, 0.2) is 13.8 Å². The standard InChI is InChI=1S/C45H28N4Si/c1-48-36-21-23-45-43(29-36)42-26-32(30-46)20-22-44(42)49(45)37-13-11-12-34(27-37)35-24-33(31-47)25-41(28-35)50(38-14-5-2-6-15-38,39-16-7-3-8-17-39)40-18-9-4-10-19-40/h2-29H. The van der Waals surface area contributed by atoms with Gasteiger partial charge in [0, 0.05) is 11.1 Å². The molecule has 0 aliphatic rings. The van der Waals surface area contributed by atoms with Crippen LogP contribution in [0.4, 0.5) is 5.69 Å². The highest BCUT2D eigenvalue weighted by Crippen LogP contribution is 2.36. The molecule has 1 aromatic heterocycles. The SMILES string of the molecule is [C-]#[N+]c1ccc2c(c1)c1cc(C#N)ccc1n2-c1cccc(-c2cc(C#N)cc([Si](c3ccccc3)(c3ccccc3)c3ccccc3)c2)c1. The summed E-state index contributed by atoms with van der Waals surface area (Å²) in [5, 5.41) is 26.8. The number of nitrogens with zero attached hydrogens (tertiary/aromatic N) is 4. The molecular formula is C45H28N4Si. The lowest BCUT2D eigenvalue weighted by Crippen LogP contribution is -2.74. The molecule has 8 aromatic rings. The van der Waals surface area contributed by atoms with Gasteiger partial charge in [-0.15, -0.1) is 0 Å². The van der Waals surface area contributed by atoms with E-state index in [-0.39, 0.29) is 0 Å². The van der Waals surface area contributed by atoms with E-state index in [9.17, 15) is 10.5 Å². The summed E-state index contributed by atoms with van der Waals surface area (Å²) < 4.78 is 2.19. The van der Waals surface area contributed by atoms with Gasteiger partial charge in [-0.1, -0.05) is 115 Å². The van der Waals surface area contributed by atoms with Crippen LogP contribution in [0.3, 0.4) is 0 Å². The van der Waals surface area contributed by atoms with E-state index < -0.39 is 8.07 Å². The Balaban J connectivity index is 1.38. The molecule has 7 aromatic carbocycles. The average molecular weight is 653 g/mol. The summed E-state index contributed by atoms with van der Waals surface area (Å²) in [6.07, 6.45) is 0. The van der Waals surface area contributed by atoms with Crippen LogP contribution in [0, 0.1) is 29.2 Å². The highest BCUT2D eigenvalue weighted by molar-refractivity contribution is 7.19. The van der Waals surface area contributed by atoms with E-state index in [2.05, 4.69) is 149 Å². The lowest BCUT2D eigenvalue weighted by molar-refractivity contribution is 1.18. The minimum atomic E-state index is -2.88.